The molecule has 0 aliphatic heterocycles. The first kappa shape index (κ1) is 24.7. The van der Waals surface area contributed by atoms with Crippen LogP contribution in [-0.2, 0) is 14.0 Å². The smallest absolute Gasteiger partial charge is 0.256 e. The van der Waals surface area contributed by atoms with Crippen LogP contribution in [0.15, 0.2) is 12.4 Å². The number of aromatic nitrogens is 2. The molecule has 0 aromatic carbocycles. The molecule has 2 N–H and O–H groups in total. The summed E-state index contributed by atoms with van der Waals surface area (Å²) in [6.45, 7) is 17.5. The normalized spacial score (nSPS) is 14.6. The van der Waals surface area contributed by atoms with E-state index >= 15 is 0 Å². The molecule has 0 aliphatic rings. The SMILES string of the molecule is Cc1cnc(NC(=O)[C@@H](O)CO[C@H](C)CO[Si](C(C)C)(C(C)C)C(C)C)cn1. The molecule has 0 saturated heterocycles. The Hall–Kier alpha value is -1.35. The maximum absolute atomic E-state index is 12.1. The van der Waals surface area contributed by atoms with Gasteiger partial charge in [-0.1, -0.05) is 41.5 Å². The van der Waals surface area contributed by atoms with Crippen molar-refractivity contribution in [3.05, 3.63) is 18.1 Å². The first-order valence-electron chi connectivity index (χ1n) is 10.0. The minimum absolute atomic E-state index is 0.102. The summed E-state index contributed by atoms with van der Waals surface area (Å²) >= 11 is 0. The van der Waals surface area contributed by atoms with E-state index in [1.165, 1.54) is 6.20 Å². The number of rotatable bonds is 11. The zero-order valence-corrected chi connectivity index (χ0v) is 19.5. The van der Waals surface area contributed by atoms with Crippen LogP contribution in [-0.4, -0.2) is 54.7 Å². The van der Waals surface area contributed by atoms with Crippen LogP contribution >= 0.6 is 0 Å². The maximum atomic E-state index is 12.1. The molecule has 0 bridgehead atoms. The predicted molar refractivity (Wildman–Crippen MR) is 114 cm³/mol. The highest BCUT2D eigenvalue weighted by Crippen LogP contribution is 2.42. The Kier molecular flexibility index (Phi) is 9.69. The lowest BCUT2D eigenvalue weighted by atomic mass is 10.3. The van der Waals surface area contributed by atoms with Crippen LogP contribution in [0.4, 0.5) is 5.82 Å². The van der Waals surface area contributed by atoms with E-state index in [0.717, 1.165) is 5.69 Å². The number of aliphatic hydroxyl groups excluding tert-OH is 1. The summed E-state index contributed by atoms with van der Waals surface area (Å²) in [5, 5.41) is 12.6. The number of carbonyl (C=O) groups excluding carboxylic acids is 1. The second-order valence-electron chi connectivity index (χ2n) is 8.32. The van der Waals surface area contributed by atoms with Crippen molar-refractivity contribution in [1.82, 2.24) is 9.97 Å². The van der Waals surface area contributed by atoms with Crippen LogP contribution in [0.1, 0.15) is 54.2 Å². The molecule has 1 aromatic heterocycles. The highest BCUT2D eigenvalue weighted by atomic mass is 28.4. The van der Waals surface area contributed by atoms with Crippen molar-refractivity contribution >= 4 is 20.0 Å². The van der Waals surface area contributed by atoms with Crippen molar-refractivity contribution in [2.75, 3.05) is 18.5 Å². The molecule has 1 rings (SSSR count). The molecule has 0 saturated carbocycles. The Bertz CT molecular complexity index is 586. The first-order valence-corrected chi connectivity index (χ1v) is 12.2. The van der Waals surface area contributed by atoms with Gasteiger partial charge >= 0.3 is 0 Å². The Morgan fingerprint density at radius 3 is 2.07 bits per heavy atom. The van der Waals surface area contributed by atoms with E-state index in [-0.39, 0.29) is 12.7 Å². The summed E-state index contributed by atoms with van der Waals surface area (Å²) in [6, 6.07) is 0. The minimum atomic E-state index is -1.96. The number of amides is 1. The van der Waals surface area contributed by atoms with Gasteiger partial charge in [-0.05, 0) is 30.5 Å². The van der Waals surface area contributed by atoms with Crippen molar-refractivity contribution < 1.29 is 19.1 Å². The van der Waals surface area contributed by atoms with E-state index in [1.807, 2.05) is 6.92 Å². The van der Waals surface area contributed by atoms with E-state index in [9.17, 15) is 9.90 Å². The standard InChI is InChI=1S/C20H37N3O4Si/c1-13(2)28(14(3)4,15(5)6)27-11-17(8)26-12-18(24)20(25)23-19-10-21-16(7)9-22-19/h9-10,13-15,17-18,24H,11-12H2,1-8H3,(H,22,23,25)/t17-,18+/m1/s1. The zero-order chi connectivity index (χ0) is 21.5. The summed E-state index contributed by atoms with van der Waals surface area (Å²) in [4.78, 5) is 20.2. The first-order chi connectivity index (χ1) is 13.0. The Balaban J connectivity index is 2.53. The number of aliphatic hydroxyl groups is 1. The molecule has 28 heavy (non-hydrogen) atoms. The molecule has 1 amide bonds. The summed E-state index contributed by atoms with van der Waals surface area (Å²) in [6.07, 6.45) is 1.50. The minimum Gasteiger partial charge on any atom is -0.413 e. The number of hydrogen-bond acceptors (Lipinski definition) is 6. The van der Waals surface area contributed by atoms with Crippen molar-refractivity contribution in [3.8, 4) is 0 Å². The quantitative estimate of drug-likeness (QED) is 0.540. The summed E-state index contributed by atoms with van der Waals surface area (Å²) in [5.74, 6) is -0.269. The fourth-order valence-corrected chi connectivity index (χ4v) is 9.33. The molecule has 1 heterocycles. The van der Waals surface area contributed by atoms with Crippen LogP contribution in [0.25, 0.3) is 0 Å². The van der Waals surface area contributed by atoms with Gasteiger partial charge in [0.15, 0.2) is 20.2 Å². The lowest BCUT2D eigenvalue weighted by Crippen LogP contribution is -2.49. The van der Waals surface area contributed by atoms with Crippen molar-refractivity contribution in [3.63, 3.8) is 0 Å². The largest absolute Gasteiger partial charge is 0.413 e. The fraction of sp³-hybridized carbons (Fsp3) is 0.750. The van der Waals surface area contributed by atoms with Gasteiger partial charge in [0.1, 0.15) is 0 Å². The Morgan fingerprint density at radius 2 is 1.61 bits per heavy atom. The third kappa shape index (κ3) is 6.61. The molecule has 2 atom stereocenters. The van der Waals surface area contributed by atoms with E-state index in [0.29, 0.717) is 29.0 Å². The van der Waals surface area contributed by atoms with Gasteiger partial charge in [0, 0.05) is 0 Å². The van der Waals surface area contributed by atoms with Crippen molar-refractivity contribution in [2.24, 2.45) is 0 Å². The second kappa shape index (κ2) is 11.0. The van der Waals surface area contributed by atoms with Gasteiger partial charge in [-0.15, -0.1) is 0 Å². The van der Waals surface area contributed by atoms with E-state index < -0.39 is 20.3 Å². The van der Waals surface area contributed by atoms with E-state index in [4.69, 9.17) is 9.16 Å². The van der Waals surface area contributed by atoms with Crippen molar-refractivity contribution in [1.29, 1.82) is 0 Å². The van der Waals surface area contributed by atoms with Gasteiger partial charge in [-0.3, -0.25) is 9.78 Å². The van der Waals surface area contributed by atoms with Gasteiger partial charge in [-0.2, -0.15) is 0 Å². The zero-order valence-electron chi connectivity index (χ0n) is 18.5. The molecule has 0 aliphatic carbocycles. The van der Waals surface area contributed by atoms with Crippen LogP contribution < -0.4 is 5.32 Å². The third-order valence-electron chi connectivity index (χ3n) is 5.15. The van der Waals surface area contributed by atoms with Gasteiger partial charge in [0.25, 0.3) is 5.91 Å². The number of aryl methyl sites for hydroxylation is 1. The van der Waals surface area contributed by atoms with E-state index in [1.54, 1.807) is 13.1 Å². The van der Waals surface area contributed by atoms with Gasteiger partial charge < -0.3 is 19.6 Å². The van der Waals surface area contributed by atoms with Gasteiger partial charge in [0.2, 0.25) is 0 Å². The van der Waals surface area contributed by atoms with Crippen LogP contribution in [0.2, 0.25) is 16.6 Å². The average molecular weight is 412 g/mol. The molecule has 0 spiro atoms. The number of carbonyl (C=O) groups is 1. The number of ether oxygens (including phenoxy) is 1. The van der Waals surface area contributed by atoms with Crippen LogP contribution in [0.5, 0.6) is 0 Å². The van der Waals surface area contributed by atoms with Gasteiger partial charge in [0.05, 0.1) is 37.4 Å². The number of hydrogen-bond donors (Lipinski definition) is 2. The Morgan fingerprint density at radius 1 is 1.04 bits per heavy atom. The number of anilines is 1. The average Bonchev–Trinajstić information content (AvgIpc) is 2.61. The van der Waals surface area contributed by atoms with Gasteiger partial charge in [-0.25, -0.2) is 4.98 Å². The van der Waals surface area contributed by atoms with E-state index in [2.05, 4.69) is 56.8 Å². The molecule has 160 valence electrons. The molecule has 0 fully saturated rings. The highest BCUT2D eigenvalue weighted by molar-refractivity contribution is 6.77. The molecular formula is C20H37N3O4Si. The fourth-order valence-electron chi connectivity index (χ4n) is 3.81. The molecule has 0 unspecified atom stereocenters. The number of nitrogens with zero attached hydrogens (tertiary/aromatic N) is 2. The molecule has 8 heteroatoms. The summed E-state index contributed by atoms with van der Waals surface area (Å²) in [5.41, 5.74) is 2.23. The lowest BCUT2D eigenvalue weighted by molar-refractivity contribution is -0.128. The third-order valence-corrected chi connectivity index (χ3v) is 11.2. The topological polar surface area (TPSA) is 93.6 Å². The van der Waals surface area contributed by atoms with Crippen LogP contribution in [0.3, 0.4) is 0 Å². The maximum Gasteiger partial charge on any atom is 0.256 e. The molecule has 0 radical (unpaired) electrons. The number of nitrogens with one attached hydrogen (secondary N) is 1. The summed E-state index contributed by atoms with van der Waals surface area (Å²) < 4.78 is 12.2. The monoisotopic (exact) mass is 411 g/mol. The lowest BCUT2D eigenvalue weighted by Gasteiger charge is -2.42. The molecular weight excluding hydrogens is 374 g/mol. The highest BCUT2D eigenvalue weighted by Gasteiger charge is 2.45. The van der Waals surface area contributed by atoms with Crippen LogP contribution in [0, 0.1) is 6.92 Å². The second-order valence-corrected chi connectivity index (χ2v) is 13.8. The Labute approximate surface area is 170 Å². The van der Waals surface area contributed by atoms with Crippen molar-refractivity contribution in [2.45, 2.75) is 84.2 Å². The predicted octanol–water partition coefficient (Wildman–Crippen LogP) is 3.68. The molecule has 1 aromatic rings. The summed E-state index contributed by atoms with van der Waals surface area (Å²) in [7, 11) is -1.96. The molecule has 7 nitrogen and oxygen atoms in total.